The molecule has 0 aliphatic carbocycles. The molecule has 0 amide bonds. The van der Waals surface area contributed by atoms with Gasteiger partial charge in [-0.1, -0.05) is 6.07 Å². The third-order valence-corrected chi connectivity index (χ3v) is 2.51. The SMILES string of the molecule is COc1ccc(C[C@@](C)(N)C(=O)O)cc1OC.Cl.O. The van der Waals surface area contributed by atoms with Crippen molar-refractivity contribution in [2.75, 3.05) is 14.2 Å². The second-order valence-corrected chi connectivity index (χ2v) is 4.09. The van der Waals surface area contributed by atoms with Gasteiger partial charge < -0.3 is 25.8 Å². The van der Waals surface area contributed by atoms with Gasteiger partial charge in [0.25, 0.3) is 0 Å². The van der Waals surface area contributed by atoms with E-state index in [4.69, 9.17) is 20.3 Å². The zero-order chi connectivity index (χ0) is 13.1. The summed E-state index contributed by atoms with van der Waals surface area (Å²) < 4.78 is 10.2. The maximum absolute atomic E-state index is 10.9. The van der Waals surface area contributed by atoms with Crippen LogP contribution in [0.5, 0.6) is 11.5 Å². The number of methoxy groups -OCH3 is 2. The number of aliphatic carboxylic acids is 1. The number of carboxylic acid groups (broad SMARTS) is 1. The van der Waals surface area contributed by atoms with Gasteiger partial charge in [-0.3, -0.25) is 4.79 Å². The maximum atomic E-state index is 10.9. The summed E-state index contributed by atoms with van der Waals surface area (Å²) in [4.78, 5) is 10.9. The summed E-state index contributed by atoms with van der Waals surface area (Å²) in [6.07, 6.45) is 0.225. The highest BCUT2D eigenvalue weighted by molar-refractivity contribution is 5.85. The fourth-order valence-corrected chi connectivity index (χ4v) is 1.49. The lowest BCUT2D eigenvalue weighted by Gasteiger charge is -2.19. The molecular weight excluding hydrogens is 274 g/mol. The Balaban J connectivity index is 0. The van der Waals surface area contributed by atoms with E-state index in [1.807, 2.05) is 0 Å². The topological polar surface area (TPSA) is 113 Å². The van der Waals surface area contributed by atoms with Gasteiger partial charge in [-0.2, -0.15) is 0 Å². The van der Waals surface area contributed by atoms with Crippen molar-refractivity contribution in [1.29, 1.82) is 0 Å². The fourth-order valence-electron chi connectivity index (χ4n) is 1.49. The standard InChI is InChI=1S/C12H17NO4.ClH.H2O/c1-12(13,11(14)15)7-8-4-5-9(16-2)10(6-8)17-3;;/h4-6H,7,13H2,1-3H3,(H,14,15);1H;1H2/t12-;;/m1../s1. The van der Waals surface area contributed by atoms with E-state index in [-0.39, 0.29) is 24.3 Å². The molecule has 0 saturated carbocycles. The van der Waals surface area contributed by atoms with E-state index in [1.54, 1.807) is 25.3 Å². The molecule has 1 rings (SSSR count). The zero-order valence-electron chi connectivity index (χ0n) is 11.1. The first-order valence-corrected chi connectivity index (χ1v) is 5.14. The molecule has 19 heavy (non-hydrogen) atoms. The van der Waals surface area contributed by atoms with E-state index in [9.17, 15) is 4.79 Å². The summed E-state index contributed by atoms with van der Waals surface area (Å²) in [5, 5.41) is 8.95. The maximum Gasteiger partial charge on any atom is 0.323 e. The second-order valence-electron chi connectivity index (χ2n) is 4.09. The summed E-state index contributed by atoms with van der Waals surface area (Å²) >= 11 is 0. The van der Waals surface area contributed by atoms with Gasteiger partial charge in [0.2, 0.25) is 0 Å². The van der Waals surface area contributed by atoms with Crippen LogP contribution < -0.4 is 15.2 Å². The Morgan fingerprint density at radius 2 is 1.84 bits per heavy atom. The Hall–Kier alpha value is -1.50. The molecule has 1 aromatic rings. The normalized spacial score (nSPS) is 12.4. The number of hydrogen-bond acceptors (Lipinski definition) is 4. The van der Waals surface area contributed by atoms with Gasteiger partial charge >= 0.3 is 5.97 Å². The molecule has 0 heterocycles. The number of ether oxygens (including phenoxy) is 2. The van der Waals surface area contributed by atoms with Crippen LogP contribution in [0, 0.1) is 0 Å². The highest BCUT2D eigenvalue weighted by Crippen LogP contribution is 2.28. The Labute approximate surface area is 118 Å². The molecule has 1 aromatic carbocycles. The minimum Gasteiger partial charge on any atom is -0.493 e. The van der Waals surface area contributed by atoms with Crippen LogP contribution in [-0.4, -0.2) is 36.3 Å². The quantitative estimate of drug-likeness (QED) is 0.827. The van der Waals surface area contributed by atoms with Gasteiger partial charge in [-0.15, -0.1) is 12.4 Å². The molecule has 0 radical (unpaired) electrons. The molecular formula is C12H20ClNO5. The average Bonchev–Trinajstić information content (AvgIpc) is 2.28. The number of rotatable bonds is 5. The van der Waals surface area contributed by atoms with Crippen LogP contribution in [0.2, 0.25) is 0 Å². The minimum absolute atomic E-state index is 0. The van der Waals surface area contributed by atoms with E-state index in [0.717, 1.165) is 5.56 Å². The predicted molar refractivity (Wildman–Crippen MR) is 74.3 cm³/mol. The molecule has 1 atom stereocenters. The molecule has 5 N–H and O–H groups in total. The van der Waals surface area contributed by atoms with E-state index >= 15 is 0 Å². The average molecular weight is 294 g/mol. The molecule has 0 saturated heterocycles. The van der Waals surface area contributed by atoms with Crippen molar-refractivity contribution >= 4 is 18.4 Å². The number of halogens is 1. The molecule has 110 valence electrons. The summed E-state index contributed by atoms with van der Waals surface area (Å²) in [6, 6.07) is 5.23. The van der Waals surface area contributed by atoms with Gasteiger partial charge in [-0.25, -0.2) is 0 Å². The molecule has 6 nitrogen and oxygen atoms in total. The van der Waals surface area contributed by atoms with E-state index in [2.05, 4.69) is 0 Å². The summed E-state index contributed by atoms with van der Waals surface area (Å²) in [7, 11) is 3.07. The number of benzene rings is 1. The number of carbonyl (C=O) groups is 1. The van der Waals surface area contributed by atoms with Crippen molar-refractivity contribution in [2.45, 2.75) is 18.9 Å². The summed E-state index contributed by atoms with van der Waals surface area (Å²) in [5.41, 5.74) is 5.18. The molecule has 0 fully saturated rings. The first-order chi connectivity index (χ1) is 7.90. The number of nitrogens with two attached hydrogens (primary N) is 1. The molecule has 0 aliphatic heterocycles. The third-order valence-electron chi connectivity index (χ3n) is 2.51. The second kappa shape index (κ2) is 7.83. The van der Waals surface area contributed by atoms with Crippen LogP contribution >= 0.6 is 12.4 Å². The third kappa shape index (κ3) is 4.94. The van der Waals surface area contributed by atoms with Crippen molar-refractivity contribution in [2.24, 2.45) is 5.73 Å². The Morgan fingerprint density at radius 1 is 1.32 bits per heavy atom. The molecule has 7 heteroatoms. The van der Waals surface area contributed by atoms with Crippen molar-refractivity contribution in [3.05, 3.63) is 23.8 Å². The Kier molecular flexibility index (Phi) is 8.17. The molecule has 0 aliphatic rings. The summed E-state index contributed by atoms with van der Waals surface area (Å²) in [5.74, 6) is 0.128. The van der Waals surface area contributed by atoms with Crippen molar-refractivity contribution in [3.63, 3.8) is 0 Å². The van der Waals surface area contributed by atoms with Crippen LogP contribution in [0.3, 0.4) is 0 Å². The van der Waals surface area contributed by atoms with Crippen LogP contribution in [-0.2, 0) is 11.2 Å². The van der Waals surface area contributed by atoms with Gasteiger partial charge in [0, 0.05) is 6.42 Å². The van der Waals surface area contributed by atoms with Crippen molar-refractivity contribution in [1.82, 2.24) is 0 Å². The predicted octanol–water partition coefficient (Wildman–Crippen LogP) is 0.645. The van der Waals surface area contributed by atoms with Gasteiger partial charge in [-0.05, 0) is 24.6 Å². The molecule has 0 aromatic heterocycles. The van der Waals surface area contributed by atoms with Crippen LogP contribution in [0.25, 0.3) is 0 Å². The Morgan fingerprint density at radius 3 is 2.26 bits per heavy atom. The fraction of sp³-hybridized carbons (Fsp3) is 0.417. The van der Waals surface area contributed by atoms with Crippen molar-refractivity contribution < 1.29 is 24.9 Å². The van der Waals surface area contributed by atoms with Crippen LogP contribution in [0.1, 0.15) is 12.5 Å². The highest BCUT2D eigenvalue weighted by Gasteiger charge is 2.28. The van der Waals surface area contributed by atoms with Gasteiger partial charge in [0.1, 0.15) is 5.54 Å². The Bertz CT molecular complexity index is 423. The largest absolute Gasteiger partial charge is 0.493 e. The van der Waals surface area contributed by atoms with Crippen LogP contribution in [0.15, 0.2) is 18.2 Å². The number of hydrogen-bond donors (Lipinski definition) is 2. The first kappa shape index (κ1) is 19.8. The molecule has 0 spiro atoms. The lowest BCUT2D eigenvalue weighted by atomic mass is 9.94. The first-order valence-electron chi connectivity index (χ1n) is 5.14. The van der Waals surface area contributed by atoms with E-state index in [1.165, 1.54) is 14.0 Å². The zero-order valence-corrected chi connectivity index (χ0v) is 11.9. The number of carboxylic acids is 1. The minimum atomic E-state index is -1.29. The monoisotopic (exact) mass is 293 g/mol. The smallest absolute Gasteiger partial charge is 0.323 e. The highest BCUT2D eigenvalue weighted by atomic mass is 35.5. The lowest BCUT2D eigenvalue weighted by Crippen LogP contribution is -2.46. The van der Waals surface area contributed by atoms with Crippen LogP contribution in [0.4, 0.5) is 0 Å². The van der Waals surface area contributed by atoms with E-state index < -0.39 is 11.5 Å². The molecule has 0 unspecified atom stereocenters. The molecule has 0 bridgehead atoms. The van der Waals surface area contributed by atoms with Crippen molar-refractivity contribution in [3.8, 4) is 11.5 Å². The lowest BCUT2D eigenvalue weighted by molar-refractivity contribution is -0.142. The summed E-state index contributed by atoms with van der Waals surface area (Å²) in [6.45, 7) is 1.48. The van der Waals surface area contributed by atoms with E-state index in [0.29, 0.717) is 11.5 Å². The van der Waals surface area contributed by atoms with Gasteiger partial charge in [0.15, 0.2) is 11.5 Å². The van der Waals surface area contributed by atoms with Gasteiger partial charge in [0.05, 0.1) is 14.2 Å².